The molecule has 0 N–H and O–H groups in total. The highest BCUT2D eigenvalue weighted by Crippen LogP contribution is 2.32. The summed E-state index contributed by atoms with van der Waals surface area (Å²) in [6.45, 7) is 10.9. The highest BCUT2D eigenvalue weighted by molar-refractivity contribution is 5.51. The van der Waals surface area contributed by atoms with Crippen molar-refractivity contribution in [2.24, 2.45) is 0 Å². The molecule has 0 aliphatic rings. The van der Waals surface area contributed by atoms with Crippen LogP contribution in [0.3, 0.4) is 0 Å². The molecular formula is C13H18N4. The average molecular weight is 230 g/mol. The van der Waals surface area contributed by atoms with Gasteiger partial charge in [0.15, 0.2) is 0 Å². The van der Waals surface area contributed by atoms with Gasteiger partial charge in [-0.2, -0.15) is 0 Å². The van der Waals surface area contributed by atoms with Gasteiger partial charge in [-0.05, 0) is 52.4 Å². The second-order valence-electron chi connectivity index (χ2n) is 5.41. The number of nitrogens with zero attached hydrogens (tertiary/aromatic N) is 4. The van der Waals surface area contributed by atoms with Gasteiger partial charge >= 0.3 is 0 Å². The van der Waals surface area contributed by atoms with Crippen molar-refractivity contribution in [3.8, 4) is 5.69 Å². The first-order valence-electron chi connectivity index (χ1n) is 5.75. The summed E-state index contributed by atoms with van der Waals surface area (Å²) < 4.78 is 1.73. The lowest BCUT2D eigenvalue weighted by atomic mass is 9.81. The Balaban J connectivity index is 2.73. The SMILES string of the molecule is Cc1ccc(-n2cnnn2)c(C(C)(C)C)c1C. The molecular weight excluding hydrogens is 212 g/mol. The molecule has 0 unspecified atom stereocenters. The van der Waals surface area contributed by atoms with Crippen LogP contribution in [0.15, 0.2) is 18.5 Å². The molecule has 2 rings (SSSR count). The molecule has 2 aromatic rings. The lowest BCUT2D eigenvalue weighted by Gasteiger charge is -2.26. The van der Waals surface area contributed by atoms with E-state index in [0.29, 0.717) is 0 Å². The van der Waals surface area contributed by atoms with Crippen molar-refractivity contribution in [1.82, 2.24) is 20.2 Å². The van der Waals surface area contributed by atoms with Crippen molar-refractivity contribution >= 4 is 0 Å². The monoisotopic (exact) mass is 230 g/mol. The molecule has 1 heterocycles. The molecule has 0 bridgehead atoms. The van der Waals surface area contributed by atoms with Gasteiger partial charge in [0, 0.05) is 0 Å². The zero-order valence-electron chi connectivity index (χ0n) is 11.0. The Kier molecular flexibility index (Phi) is 2.73. The molecule has 0 saturated heterocycles. The van der Waals surface area contributed by atoms with Crippen molar-refractivity contribution in [2.45, 2.75) is 40.0 Å². The van der Waals surface area contributed by atoms with Gasteiger partial charge < -0.3 is 0 Å². The molecule has 0 amide bonds. The first-order valence-corrected chi connectivity index (χ1v) is 5.75. The maximum absolute atomic E-state index is 3.99. The van der Waals surface area contributed by atoms with Crippen LogP contribution in [-0.2, 0) is 5.41 Å². The maximum Gasteiger partial charge on any atom is 0.143 e. The minimum Gasteiger partial charge on any atom is -0.200 e. The molecule has 0 fully saturated rings. The highest BCUT2D eigenvalue weighted by Gasteiger charge is 2.22. The lowest BCUT2D eigenvalue weighted by Crippen LogP contribution is -2.18. The fourth-order valence-electron chi connectivity index (χ4n) is 2.21. The Morgan fingerprint density at radius 3 is 2.35 bits per heavy atom. The quantitative estimate of drug-likeness (QED) is 0.756. The van der Waals surface area contributed by atoms with Crippen molar-refractivity contribution in [3.05, 3.63) is 35.2 Å². The second kappa shape index (κ2) is 3.95. The van der Waals surface area contributed by atoms with Gasteiger partial charge in [-0.25, -0.2) is 4.68 Å². The topological polar surface area (TPSA) is 43.6 Å². The van der Waals surface area contributed by atoms with Gasteiger partial charge in [-0.1, -0.05) is 26.8 Å². The minimum absolute atomic E-state index is 0.0669. The number of rotatable bonds is 1. The number of hydrogen-bond donors (Lipinski definition) is 0. The summed E-state index contributed by atoms with van der Waals surface area (Å²) in [5.41, 5.74) is 5.03. The third-order valence-electron chi connectivity index (χ3n) is 3.06. The zero-order valence-corrected chi connectivity index (χ0v) is 11.0. The van der Waals surface area contributed by atoms with E-state index in [4.69, 9.17) is 0 Å². The summed E-state index contributed by atoms with van der Waals surface area (Å²) in [6, 6.07) is 4.20. The zero-order chi connectivity index (χ0) is 12.6. The molecule has 0 aliphatic carbocycles. The summed E-state index contributed by atoms with van der Waals surface area (Å²) in [5, 5.41) is 11.4. The van der Waals surface area contributed by atoms with E-state index in [0.717, 1.165) is 5.69 Å². The van der Waals surface area contributed by atoms with Gasteiger partial charge in [-0.15, -0.1) is 5.10 Å². The van der Waals surface area contributed by atoms with Crippen molar-refractivity contribution in [1.29, 1.82) is 0 Å². The van der Waals surface area contributed by atoms with Crippen molar-refractivity contribution in [3.63, 3.8) is 0 Å². The van der Waals surface area contributed by atoms with Crippen molar-refractivity contribution < 1.29 is 0 Å². The molecule has 0 saturated carbocycles. The van der Waals surface area contributed by atoms with E-state index in [1.54, 1.807) is 11.0 Å². The van der Waals surface area contributed by atoms with E-state index in [-0.39, 0.29) is 5.41 Å². The van der Waals surface area contributed by atoms with Gasteiger partial charge in [0.05, 0.1) is 5.69 Å². The largest absolute Gasteiger partial charge is 0.200 e. The summed E-state index contributed by atoms with van der Waals surface area (Å²) in [4.78, 5) is 0. The predicted octanol–water partition coefficient (Wildman–Crippen LogP) is 2.58. The van der Waals surface area contributed by atoms with Crippen LogP contribution in [-0.4, -0.2) is 20.2 Å². The molecule has 0 spiro atoms. The fraction of sp³-hybridized carbons (Fsp3) is 0.462. The first kappa shape index (κ1) is 11.8. The summed E-state index contributed by atoms with van der Waals surface area (Å²) >= 11 is 0. The second-order valence-corrected chi connectivity index (χ2v) is 5.41. The third-order valence-corrected chi connectivity index (χ3v) is 3.06. The third kappa shape index (κ3) is 2.07. The van der Waals surface area contributed by atoms with Crippen LogP contribution in [0, 0.1) is 13.8 Å². The van der Waals surface area contributed by atoms with Crippen molar-refractivity contribution in [2.75, 3.05) is 0 Å². The van der Waals surface area contributed by atoms with Crippen LogP contribution in [0.4, 0.5) is 0 Å². The van der Waals surface area contributed by atoms with E-state index < -0.39 is 0 Å². The number of aryl methyl sites for hydroxylation is 1. The van der Waals surface area contributed by atoms with Crippen LogP contribution in [0.5, 0.6) is 0 Å². The van der Waals surface area contributed by atoms with Gasteiger partial charge in [-0.3, -0.25) is 0 Å². The first-order chi connectivity index (χ1) is 7.91. The molecule has 1 aromatic carbocycles. The Morgan fingerprint density at radius 1 is 1.12 bits per heavy atom. The lowest BCUT2D eigenvalue weighted by molar-refractivity contribution is 0.577. The van der Waals surface area contributed by atoms with E-state index in [9.17, 15) is 0 Å². The summed E-state index contributed by atoms with van der Waals surface area (Å²) in [7, 11) is 0. The van der Waals surface area contributed by atoms with E-state index in [1.807, 2.05) is 0 Å². The van der Waals surface area contributed by atoms with E-state index in [2.05, 4.69) is 62.3 Å². The van der Waals surface area contributed by atoms with E-state index >= 15 is 0 Å². The number of benzene rings is 1. The van der Waals surface area contributed by atoms with Crippen LogP contribution in [0.2, 0.25) is 0 Å². The average Bonchev–Trinajstić information content (AvgIpc) is 2.73. The van der Waals surface area contributed by atoms with Crippen LogP contribution >= 0.6 is 0 Å². The molecule has 4 nitrogen and oxygen atoms in total. The van der Waals surface area contributed by atoms with Gasteiger partial charge in [0.2, 0.25) is 0 Å². The smallest absolute Gasteiger partial charge is 0.143 e. The normalized spacial score (nSPS) is 11.8. The Hall–Kier alpha value is -1.71. The molecule has 4 heteroatoms. The number of hydrogen-bond acceptors (Lipinski definition) is 3. The number of aromatic nitrogens is 4. The molecule has 17 heavy (non-hydrogen) atoms. The van der Waals surface area contributed by atoms with Crippen LogP contribution in [0.1, 0.15) is 37.5 Å². The number of tetrazole rings is 1. The highest BCUT2D eigenvalue weighted by atomic mass is 15.5. The van der Waals surface area contributed by atoms with E-state index in [1.165, 1.54) is 16.7 Å². The van der Waals surface area contributed by atoms with Gasteiger partial charge in [0.1, 0.15) is 6.33 Å². The Morgan fingerprint density at radius 2 is 1.82 bits per heavy atom. The van der Waals surface area contributed by atoms with Gasteiger partial charge in [0.25, 0.3) is 0 Å². The molecule has 0 aliphatic heterocycles. The molecule has 1 aromatic heterocycles. The molecule has 0 atom stereocenters. The van der Waals surface area contributed by atoms with Crippen LogP contribution in [0.25, 0.3) is 5.69 Å². The Bertz CT molecular complexity index is 521. The summed E-state index contributed by atoms with van der Waals surface area (Å²) in [5.74, 6) is 0. The Labute approximate surface area is 102 Å². The maximum atomic E-state index is 3.99. The summed E-state index contributed by atoms with van der Waals surface area (Å²) in [6.07, 6.45) is 1.64. The standard InChI is InChI=1S/C13H18N4/c1-9-6-7-11(17-8-14-15-16-17)12(10(9)2)13(3,4)5/h6-8H,1-5H3. The molecule has 90 valence electrons. The fourth-order valence-corrected chi connectivity index (χ4v) is 2.21. The predicted molar refractivity (Wildman–Crippen MR) is 67.3 cm³/mol. The van der Waals surface area contributed by atoms with Crippen LogP contribution < -0.4 is 0 Å². The molecule has 0 radical (unpaired) electrons. The minimum atomic E-state index is 0.0669.